The van der Waals surface area contributed by atoms with Gasteiger partial charge >= 0.3 is 0 Å². The molecule has 0 heterocycles. The first-order valence-corrected chi connectivity index (χ1v) is 9.24. The summed E-state index contributed by atoms with van der Waals surface area (Å²) in [5, 5.41) is 2.75. The van der Waals surface area contributed by atoms with Crippen molar-refractivity contribution in [2.75, 3.05) is 19.3 Å². The Kier molecular flexibility index (Phi) is 4.96. The molecular formula is C12H15Br2N3O3S. The van der Waals surface area contributed by atoms with Crippen LogP contribution in [0.1, 0.15) is 12.8 Å². The number of rotatable bonds is 5. The van der Waals surface area contributed by atoms with Gasteiger partial charge in [-0.15, -0.1) is 0 Å². The fraction of sp³-hybridized carbons (Fsp3) is 0.417. The second kappa shape index (κ2) is 6.23. The Balaban J connectivity index is 2.22. The van der Waals surface area contributed by atoms with Gasteiger partial charge in [0.1, 0.15) is 4.90 Å². The van der Waals surface area contributed by atoms with Crippen LogP contribution in [0, 0.1) is 0 Å². The molecule has 0 saturated heterocycles. The number of amides is 1. The number of hydrogen-bond donors (Lipinski definition) is 2. The van der Waals surface area contributed by atoms with Crippen molar-refractivity contribution < 1.29 is 13.2 Å². The van der Waals surface area contributed by atoms with Crippen LogP contribution in [0.15, 0.2) is 26.0 Å². The average molecular weight is 441 g/mol. The Labute approximate surface area is 140 Å². The number of carbonyl (C=O) groups is 1. The summed E-state index contributed by atoms with van der Waals surface area (Å²) in [6, 6.07) is 3.30. The number of nitrogens with two attached hydrogens (primary N) is 1. The van der Waals surface area contributed by atoms with Gasteiger partial charge < -0.3 is 11.1 Å². The number of likely N-dealkylation sites (N-methyl/N-ethyl adjacent to an activating group) is 1. The topological polar surface area (TPSA) is 92.5 Å². The van der Waals surface area contributed by atoms with Crippen molar-refractivity contribution in [1.82, 2.24) is 9.62 Å². The maximum absolute atomic E-state index is 12.5. The van der Waals surface area contributed by atoms with Crippen LogP contribution >= 0.6 is 31.9 Å². The van der Waals surface area contributed by atoms with E-state index in [0.29, 0.717) is 8.95 Å². The number of nitrogen functional groups attached to an aromatic ring is 1. The van der Waals surface area contributed by atoms with Gasteiger partial charge in [0.25, 0.3) is 0 Å². The number of anilines is 1. The molecule has 0 atom stereocenters. The minimum Gasteiger partial charge on any atom is -0.398 e. The smallest absolute Gasteiger partial charge is 0.246 e. The lowest BCUT2D eigenvalue weighted by Gasteiger charge is -2.19. The summed E-state index contributed by atoms with van der Waals surface area (Å²) in [6.45, 7) is -0.235. The number of nitrogens with zero attached hydrogens (tertiary/aromatic N) is 1. The first kappa shape index (κ1) is 16.7. The molecule has 21 heavy (non-hydrogen) atoms. The average Bonchev–Trinajstić information content (AvgIpc) is 3.10. The van der Waals surface area contributed by atoms with Crippen LogP contribution in [0.5, 0.6) is 0 Å². The lowest BCUT2D eigenvalue weighted by atomic mass is 10.3. The van der Waals surface area contributed by atoms with Crippen molar-refractivity contribution in [2.45, 2.75) is 23.8 Å². The molecule has 0 aromatic heterocycles. The van der Waals surface area contributed by atoms with Crippen molar-refractivity contribution >= 4 is 53.5 Å². The number of hydrogen-bond acceptors (Lipinski definition) is 4. The van der Waals surface area contributed by atoms with Crippen LogP contribution in [-0.4, -0.2) is 38.3 Å². The predicted octanol–water partition coefficient (Wildman–Crippen LogP) is 1.69. The van der Waals surface area contributed by atoms with E-state index >= 15 is 0 Å². The zero-order valence-corrected chi connectivity index (χ0v) is 15.3. The molecule has 1 aliphatic carbocycles. The number of sulfonamides is 1. The van der Waals surface area contributed by atoms with E-state index in [1.807, 2.05) is 0 Å². The Hall–Kier alpha value is -0.640. The fourth-order valence-electron chi connectivity index (χ4n) is 1.80. The van der Waals surface area contributed by atoms with Gasteiger partial charge in [-0.1, -0.05) is 15.9 Å². The van der Waals surface area contributed by atoms with E-state index < -0.39 is 10.0 Å². The largest absolute Gasteiger partial charge is 0.398 e. The predicted molar refractivity (Wildman–Crippen MR) is 87.2 cm³/mol. The van der Waals surface area contributed by atoms with E-state index in [4.69, 9.17) is 5.73 Å². The Morgan fingerprint density at radius 2 is 2.05 bits per heavy atom. The van der Waals surface area contributed by atoms with Gasteiger partial charge in [-0.25, -0.2) is 8.42 Å². The van der Waals surface area contributed by atoms with E-state index in [9.17, 15) is 13.2 Å². The van der Waals surface area contributed by atoms with Gasteiger partial charge in [-0.3, -0.25) is 4.79 Å². The molecular weight excluding hydrogens is 426 g/mol. The summed E-state index contributed by atoms with van der Waals surface area (Å²) in [7, 11) is -2.49. The molecule has 0 bridgehead atoms. The monoisotopic (exact) mass is 439 g/mol. The first-order valence-electron chi connectivity index (χ1n) is 6.22. The quantitative estimate of drug-likeness (QED) is 0.681. The highest BCUT2D eigenvalue weighted by atomic mass is 79.9. The maximum atomic E-state index is 12.5. The molecule has 1 aromatic carbocycles. The van der Waals surface area contributed by atoms with Gasteiger partial charge in [-0.05, 0) is 40.9 Å². The van der Waals surface area contributed by atoms with E-state index in [1.165, 1.54) is 13.1 Å². The molecule has 9 heteroatoms. The Morgan fingerprint density at radius 3 is 2.57 bits per heavy atom. The molecule has 6 nitrogen and oxygen atoms in total. The number of halogens is 2. The van der Waals surface area contributed by atoms with Crippen LogP contribution in [0.4, 0.5) is 5.69 Å². The molecule has 2 rings (SSSR count). The van der Waals surface area contributed by atoms with Crippen molar-refractivity contribution in [1.29, 1.82) is 0 Å². The van der Waals surface area contributed by atoms with Gasteiger partial charge in [0.05, 0.1) is 12.2 Å². The van der Waals surface area contributed by atoms with Crippen molar-refractivity contribution in [3.05, 3.63) is 21.1 Å². The van der Waals surface area contributed by atoms with Crippen LogP contribution < -0.4 is 11.1 Å². The summed E-state index contributed by atoms with van der Waals surface area (Å²) < 4.78 is 27.1. The lowest BCUT2D eigenvalue weighted by Crippen LogP contribution is -2.39. The van der Waals surface area contributed by atoms with Gasteiger partial charge in [0.15, 0.2) is 0 Å². The Morgan fingerprint density at radius 1 is 1.43 bits per heavy atom. The van der Waals surface area contributed by atoms with E-state index in [1.54, 1.807) is 6.07 Å². The van der Waals surface area contributed by atoms with E-state index in [2.05, 4.69) is 37.2 Å². The third kappa shape index (κ3) is 3.97. The summed E-state index contributed by atoms with van der Waals surface area (Å²) in [6.07, 6.45) is 1.90. The van der Waals surface area contributed by atoms with Crippen molar-refractivity contribution in [3.63, 3.8) is 0 Å². The number of benzene rings is 1. The zero-order chi connectivity index (χ0) is 15.8. The molecule has 1 fully saturated rings. The highest BCUT2D eigenvalue weighted by Gasteiger charge is 2.29. The highest BCUT2D eigenvalue weighted by Crippen LogP contribution is 2.33. The molecule has 1 aromatic rings. The molecule has 3 N–H and O–H groups in total. The van der Waals surface area contributed by atoms with Crippen LogP contribution in [0.3, 0.4) is 0 Å². The van der Waals surface area contributed by atoms with Gasteiger partial charge in [0.2, 0.25) is 15.9 Å². The SMILES string of the molecule is CN(CC(=O)NC1CC1)S(=O)(=O)c1c(N)cc(Br)cc1Br. The summed E-state index contributed by atoms with van der Waals surface area (Å²) >= 11 is 6.44. The molecule has 0 radical (unpaired) electrons. The molecule has 1 aliphatic rings. The number of nitrogens with one attached hydrogen (secondary N) is 1. The lowest BCUT2D eigenvalue weighted by molar-refractivity contribution is -0.121. The molecule has 0 aliphatic heterocycles. The maximum Gasteiger partial charge on any atom is 0.246 e. The van der Waals surface area contributed by atoms with Crippen LogP contribution in [-0.2, 0) is 14.8 Å². The Bertz CT molecular complexity index is 651. The van der Waals surface area contributed by atoms with Crippen molar-refractivity contribution in [2.24, 2.45) is 0 Å². The molecule has 0 unspecified atom stereocenters. The van der Waals surface area contributed by atoms with E-state index in [-0.39, 0.29) is 29.1 Å². The molecule has 1 amide bonds. The van der Waals surface area contributed by atoms with Crippen LogP contribution in [0.25, 0.3) is 0 Å². The molecule has 1 saturated carbocycles. The minimum atomic E-state index is -3.85. The normalized spacial score (nSPS) is 15.2. The molecule has 0 spiro atoms. The summed E-state index contributed by atoms with van der Waals surface area (Å²) in [5.74, 6) is -0.310. The summed E-state index contributed by atoms with van der Waals surface area (Å²) in [4.78, 5) is 11.7. The molecule has 116 valence electrons. The van der Waals surface area contributed by atoms with Crippen LogP contribution in [0.2, 0.25) is 0 Å². The summed E-state index contributed by atoms with van der Waals surface area (Å²) in [5.41, 5.74) is 5.92. The van der Waals surface area contributed by atoms with Crippen molar-refractivity contribution in [3.8, 4) is 0 Å². The zero-order valence-electron chi connectivity index (χ0n) is 11.3. The third-order valence-corrected chi connectivity index (χ3v) is 6.28. The fourth-order valence-corrected chi connectivity index (χ4v) is 4.93. The second-order valence-electron chi connectivity index (χ2n) is 4.91. The highest BCUT2D eigenvalue weighted by molar-refractivity contribution is 9.11. The third-order valence-electron chi connectivity index (χ3n) is 3.01. The van der Waals surface area contributed by atoms with Gasteiger partial charge in [-0.2, -0.15) is 4.31 Å². The van der Waals surface area contributed by atoms with Gasteiger partial charge in [0, 0.05) is 22.0 Å². The standard InChI is InChI=1S/C12H15Br2N3O3S/c1-17(6-11(18)16-8-2-3-8)21(19,20)12-9(14)4-7(13)5-10(12)15/h4-5,8H,2-3,6,15H2,1H3,(H,16,18). The first-order chi connectivity index (χ1) is 9.71. The van der Waals surface area contributed by atoms with E-state index in [0.717, 1.165) is 17.1 Å². The number of carbonyl (C=O) groups excluding carboxylic acids is 1. The second-order valence-corrected chi connectivity index (χ2v) is 8.66. The minimum absolute atomic E-state index is 0.0348.